The van der Waals surface area contributed by atoms with Crippen LogP contribution in [0.3, 0.4) is 0 Å². The van der Waals surface area contributed by atoms with E-state index in [4.69, 9.17) is 33.0 Å². The van der Waals surface area contributed by atoms with Gasteiger partial charge in [-0.3, -0.25) is 4.79 Å². The molecule has 0 N–H and O–H groups in total. The zero-order valence-electron chi connectivity index (χ0n) is 19.1. The van der Waals surface area contributed by atoms with Gasteiger partial charge in [0.15, 0.2) is 6.61 Å². The topological polar surface area (TPSA) is 59.0 Å². The molecule has 2 aromatic rings. The third kappa shape index (κ3) is 5.60. The Morgan fingerprint density at radius 2 is 1.71 bits per heavy atom. The van der Waals surface area contributed by atoms with Gasteiger partial charge < -0.3 is 4.74 Å². The summed E-state index contributed by atoms with van der Waals surface area (Å²) >= 11 is 12.2. The first-order valence-corrected chi connectivity index (χ1v) is 12.0. The monoisotopic (exact) mass is 496 g/mol. The van der Waals surface area contributed by atoms with Crippen LogP contribution in [0.1, 0.15) is 50.3 Å². The number of ether oxygens (including phenoxy) is 1. The second kappa shape index (κ2) is 10.6. The fraction of sp³-hybridized carbons (Fsp3) is 0.296. The Morgan fingerprint density at radius 1 is 1.06 bits per heavy atom. The smallest absolute Gasteiger partial charge is 0.331 e. The van der Waals surface area contributed by atoms with Crippen LogP contribution in [-0.4, -0.2) is 29.2 Å². The van der Waals surface area contributed by atoms with E-state index in [1.165, 1.54) is 11.1 Å². The average molecular weight is 497 g/mol. The highest BCUT2D eigenvalue weighted by molar-refractivity contribution is 6.30. The highest BCUT2D eigenvalue weighted by Gasteiger charge is 2.43. The zero-order chi connectivity index (χ0) is 24.2. The summed E-state index contributed by atoms with van der Waals surface area (Å²) in [4.78, 5) is 25.1. The first kappa shape index (κ1) is 24.2. The molecule has 0 saturated heterocycles. The second-order valence-electron chi connectivity index (χ2n) is 8.77. The summed E-state index contributed by atoms with van der Waals surface area (Å²) in [5.74, 6) is -0.849. The molecule has 5 nitrogen and oxygen atoms in total. The maximum atomic E-state index is 13.2. The molecule has 1 fully saturated rings. The molecule has 2 aromatic carbocycles. The van der Waals surface area contributed by atoms with Gasteiger partial charge in [-0.1, -0.05) is 53.0 Å². The molecular formula is C27H26Cl2N2O3. The van der Waals surface area contributed by atoms with Gasteiger partial charge in [-0.05, 0) is 80.2 Å². The van der Waals surface area contributed by atoms with Crippen LogP contribution >= 0.6 is 23.2 Å². The molecule has 4 rings (SSSR count). The number of amides is 1. The molecule has 2 unspecified atom stereocenters. The van der Waals surface area contributed by atoms with Gasteiger partial charge in [0.1, 0.15) is 0 Å². The summed E-state index contributed by atoms with van der Waals surface area (Å²) < 4.78 is 5.19. The summed E-state index contributed by atoms with van der Waals surface area (Å²) in [6, 6.07) is 14.9. The number of hydrogen-bond acceptors (Lipinski definition) is 4. The molecule has 1 aliphatic heterocycles. The van der Waals surface area contributed by atoms with Crippen molar-refractivity contribution in [2.75, 3.05) is 6.61 Å². The van der Waals surface area contributed by atoms with Gasteiger partial charge in [0.2, 0.25) is 0 Å². The molecule has 7 heteroatoms. The van der Waals surface area contributed by atoms with Crippen molar-refractivity contribution in [2.45, 2.75) is 39.2 Å². The van der Waals surface area contributed by atoms with E-state index >= 15 is 0 Å². The van der Waals surface area contributed by atoms with E-state index in [2.05, 4.69) is 6.08 Å². The van der Waals surface area contributed by atoms with Gasteiger partial charge >= 0.3 is 5.97 Å². The summed E-state index contributed by atoms with van der Waals surface area (Å²) in [5, 5.41) is 7.59. The van der Waals surface area contributed by atoms with Crippen molar-refractivity contribution in [1.29, 1.82) is 0 Å². The largest absolute Gasteiger partial charge is 0.452 e. The average Bonchev–Trinajstić information content (AvgIpc) is 3.20. The minimum absolute atomic E-state index is 0.0471. The van der Waals surface area contributed by atoms with E-state index in [9.17, 15) is 9.59 Å². The lowest BCUT2D eigenvalue weighted by molar-refractivity contribution is -0.149. The number of halogens is 2. The van der Waals surface area contributed by atoms with Crippen LogP contribution in [0.15, 0.2) is 70.9 Å². The minimum Gasteiger partial charge on any atom is -0.452 e. The minimum atomic E-state index is -0.538. The number of benzene rings is 2. The highest BCUT2D eigenvalue weighted by Crippen LogP contribution is 2.44. The second-order valence-corrected chi connectivity index (χ2v) is 9.64. The van der Waals surface area contributed by atoms with E-state index < -0.39 is 5.97 Å². The number of fused-ring (bicyclic) bond motifs is 1. The van der Waals surface area contributed by atoms with Crippen molar-refractivity contribution < 1.29 is 14.3 Å². The van der Waals surface area contributed by atoms with Crippen molar-refractivity contribution in [3.8, 4) is 0 Å². The van der Waals surface area contributed by atoms with Gasteiger partial charge in [-0.15, -0.1) is 0 Å². The van der Waals surface area contributed by atoms with Gasteiger partial charge in [0.05, 0.1) is 11.8 Å². The number of carbonyl (C=O) groups excluding carboxylic acids is 2. The fourth-order valence-corrected chi connectivity index (χ4v) is 4.69. The first-order valence-electron chi connectivity index (χ1n) is 11.3. The molecule has 2 aliphatic rings. The lowest BCUT2D eigenvalue weighted by Crippen LogP contribution is -2.34. The fourth-order valence-electron chi connectivity index (χ4n) is 4.44. The molecule has 0 aromatic heterocycles. The molecule has 2 atom stereocenters. The van der Waals surface area contributed by atoms with Crippen LogP contribution in [0.5, 0.6) is 0 Å². The quantitative estimate of drug-likeness (QED) is 0.344. The van der Waals surface area contributed by atoms with Crippen LogP contribution < -0.4 is 0 Å². The predicted molar refractivity (Wildman–Crippen MR) is 136 cm³/mol. The predicted octanol–water partition coefficient (Wildman–Crippen LogP) is 6.63. The van der Waals surface area contributed by atoms with Crippen molar-refractivity contribution >= 4 is 46.9 Å². The Kier molecular flexibility index (Phi) is 7.54. The van der Waals surface area contributed by atoms with Crippen LogP contribution in [0.25, 0.3) is 6.08 Å². The van der Waals surface area contributed by atoms with Crippen molar-refractivity contribution in [1.82, 2.24) is 5.01 Å². The molecule has 0 bridgehead atoms. The molecular weight excluding hydrogens is 471 g/mol. The van der Waals surface area contributed by atoms with E-state index in [1.807, 2.05) is 48.5 Å². The number of nitrogens with zero attached hydrogens (tertiary/aromatic N) is 2. The Morgan fingerprint density at radius 3 is 2.35 bits per heavy atom. The number of carbonyl (C=O) groups is 2. The van der Waals surface area contributed by atoms with Crippen LogP contribution in [-0.2, 0) is 14.3 Å². The SMILES string of the molecule is CC(C)=CC(=O)OCC(=O)N1N=C2C(=Cc3ccc(Cl)cc3)CCCC2C1c1ccc(Cl)cc1. The van der Waals surface area contributed by atoms with Crippen molar-refractivity contribution in [3.05, 3.63) is 86.9 Å². The van der Waals surface area contributed by atoms with Crippen molar-refractivity contribution in [3.63, 3.8) is 0 Å². The lowest BCUT2D eigenvalue weighted by Gasteiger charge is -2.29. The first-order chi connectivity index (χ1) is 16.3. The molecule has 1 heterocycles. The van der Waals surface area contributed by atoms with Gasteiger partial charge in [0, 0.05) is 22.0 Å². The lowest BCUT2D eigenvalue weighted by atomic mass is 9.77. The molecule has 1 aliphatic carbocycles. The normalized spacial score (nSPS) is 20.5. The Balaban J connectivity index is 1.66. The summed E-state index contributed by atoms with van der Waals surface area (Å²) in [7, 11) is 0. The molecule has 1 saturated carbocycles. The number of esters is 1. The van der Waals surface area contributed by atoms with Gasteiger partial charge in [-0.2, -0.15) is 5.10 Å². The van der Waals surface area contributed by atoms with Gasteiger partial charge in [-0.25, -0.2) is 9.80 Å². The molecule has 1 amide bonds. The summed E-state index contributed by atoms with van der Waals surface area (Å²) in [6.45, 7) is 3.23. The standard InChI is InChI=1S/C27H26Cl2N2O3/c1-17(2)14-25(33)34-16-24(32)31-27(19-8-12-22(29)13-9-19)23-5-3-4-20(26(23)30-31)15-18-6-10-21(28)11-7-18/h6-15,23,27H,3-5,16H2,1-2H3. The third-order valence-corrected chi connectivity index (χ3v) is 6.43. The molecule has 0 spiro atoms. The number of allylic oxidation sites excluding steroid dienone is 2. The maximum absolute atomic E-state index is 13.2. The maximum Gasteiger partial charge on any atom is 0.331 e. The third-order valence-electron chi connectivity index (χ3n) is 5.92. The van der Waals surface area contributed by atoms with E-state index in [-0.39, 0.29) is 24.5 Å². The summed E-state index contributed by atoms with van der Waals surface area (Å²) in [6.07, 6.45) is 6.26. The highest BCUT2D eigenvalue weighted by atomic mass is 35.5. The molecule has 176 valence electrons. The Bertz CT molecular complexity index is 1160. The van der Waals surface area contributed by atoms with E-state index in [0.29, 0.717) is 10.0 Å². The van der Waals surface area contributed by atoms with E-state index in [1.54, 1.807) is 13.8 Å². The molecule has 34 heavy (non-hydrogen) atoms. The Labute approximate surface area is 209 Å². The number of rotatable bonds is 5. The van der Waals surface area contributed by atoms with Crippen LogP contribution in [0, 0.1) is 5.92 Å². The van der Waals surface area contributed by atoms with E-state index in [0.717, 1.165) is 47.2 Å². The summed E-state index contributed by atoms with van der Waals surface area (Å²) in [5.41, 5.74) is 4.80. The van der Waals surface area contributed by atoms with Crippen LogP contribution in [0.2, 0.25) is 10.0 Å². The van der Waals surface area contributed by atoms with Gasteiger partial charge in [0.25, 0.3) is 5.91 Å². The Hall–Kier alpha value is -2.89. The van der Waals surface area contributed by atoms with Crippen molar-refractivity contribution in [2.24, 2.45) is 11.0 Å². The number of hydrogen-bond donors (Lipinski definition) is 0. The zero-order valence-corrected chi connectivity index (χ0v) is 20.6. The molecule has 0 radical (unpaired) electrons. The number of hydrazone groups is 1. The van der Waals surface area contributed by atoms with Crippen LogP contribution in [0.4, 0.5) is 0 Å².